The van der Waals surface area contributed by atoms with Crippen molar-refractivity contribution in [3.8, 4) is 0 Å². The minimum Gasteiger partial charge on any atom is -0.396 e. The van der Waals surface area contributed by atoms with Gasteiger partial charge in [0.15, 0.2) is 0 Å². The highest BCUT2D eigenvalue weighted by Gasteiger charge is 2.02. The van der Waals surface area contributed by atoms with Crippen molar-refractivity contribution >= 4 is 11.5 Å². The van der Waals surface area contributed by atoms with Crippen molar-refractivity contribution in [3.05, 3.63) is 22.2 Å². The molecule has 0 saturated heterocycles. The van der Waals surface area contributed by atoms with Gasteiger partial charge in [-0.15, -0.1) is 0 Å². The first-order valence-corrected chi connectivity index (χ1v) is 2.55. The fourth-order valence-corrected chi connectivity index (χ4v) is 0.584. The van der Waals surface area contributed by atoms with Crippen LogP contribution in [0.2, 0.25) is 0 Å². The molecule has 0 unspecified atom stereocenters. The molecule has 0 saturated carbocycles. The summed E-state index contributed by atoms with van der Waals surface area (Å²) in [5.74, 6) is -0.932. The van der Waals surface area contributed by atoms with Crippen LogP contribution in [0.5, 0.6) is 0 Å². The maximum Gasteiger partial charge on any atom is 0.287 e. The Kier molecular flexibility index (Phi) is 1.33. The van der Waals surface area contributed by atoms with Crippen molar-refractivity contribution in [1.29, 1.82) is 0 Å². The summed E-state index contributed by atoms with van der Waals surface area (Å²) in [7, 11) is 0. The standard InChI is InChI=1S/C5H6FN3O/c6-4-2(7)1-3(8)9-5(4)10/h1H,(H5,7,8,9,10). The van der Waals surface area contributed by atoms with E-state index in [-0.39, 0.29) is 11.5 Å². The Morgan fingerprint density at radius 2 is 2.10 bits per heavy atom. The van der Waals surface area contributed by atoms with Gasteiger partial charge < -0.3 is 16.5 Å². The molecule has 0 radical (unpaired) electrons. The lowest BCUT2D eigenvalue weighted by Gasteiger charge is -1.95. The van der Waals surface area contributed by atoms with Gasteiger partial charge in [-0.2, -0.15) is 4.39 Å². The molecule has 1 rings (SSSR count). The van der Waals surface area contributed by atoms with Gasteiger partial charge in [0.05, 0.1) is 5.69 Å². The number of nitrogens with one attached hydrogen (secondary N) is 1. The van der Waals surface area contributed by atoms with Crippen LogP contribution >= 0.6 is 0 Å². The molecule has 4 nitrogen and oxygen atoms in total. The largest absolute Gasteiger partial charge is 0.396 e. The average molecular weight is 143 g/mol. The molecule has 0 aliphatic heterocycles. The first kappa shape index (κ1) is 6.60. The third kappa shape index (κ3) is 0.928. The lowest BCUT2D eigenvalue weighted by atomic mass is 10.4. The molecule has 10 heavy (non-hydrogen) atoms. The van der Waals surface area contributed by atoms with Crippen LogP contribution in [0.1, 0.15) is 0 Å². The Labute approximate surface area is 55.7 Å². The summed E-state index contributed by atoms with van der Waals surface area (Å²) in [6.07, 6.45) is 0. The minimum atomic E-state index is -0.991. The van der Waals surface area contributed by atoms with E-state index in [0.29, 0.717) is 0 Å². The SMILES string of the molecule is Nc1cc(N)c(F)c(=O)[nH]1. The Hall–Kier alpha value is -1.52. The molecule has 0 amide bonds. The van der Waals surface area contributed by atoms with Gasteiger partial charge in [-0.1, -0.05) is 0 Å². The smallest absolute Gasteiger partial charge is 0.287 e. The van der Waals surface area contributed by atoms with E-state index in [1.54, 1.807) is 0 Å². The second kappa shape index (κ2) is 2.02. The van der Waals surface area contributed by atoms with Crippen LogP contribution in [-0.2, 0) is 0 Å². The average Bonchev–Trinajstić information content (AvgIpc) is 1.82. The number of pyridine rings is 1. The van der Waals surface area contributed by atoms with Gasteiger partial charge in [0.25, 0.3) is 5.56 Å². The zero-order valence-electron chi connectivity index (χ0n) is 5.02. The number of hydrogen-bond acceptors (Lipinski definition) is 3. The summed E-state index contributed by atoms with van der Waals surface area (Å²) < 4.78 is 12.4. The van der Waals surface area contributed by atoms with Gasteiger partial charge in [0.1, 0.15) is 5.82 Å². The van der Waals surface area contributed by atoms with Crippen molar-refractivity contribution in [2.24, 2.45) is 0 Å². The van der Waals surface area contributed by atoms with E-state index in [2.05, 4.69) is 0 Å². The third-order valence-corrected chi connectivity index (χ3v) is 1.02. The Balaban J connectivity index is 3.46. The van der Waals surface area contributed by atoms with E-state index in [1.165, 1.54) is 0 Å². The molecular weight excluding hydrogens is 137 g/mol. The molecule has 0 spiro atoms. The van der Waals surface area contributed by atoms with E-state index >= 15 is 0 Å². The highest BCUT2D eigenvalue weighted by molar-refractivity contribution is 5.46. The molecule has 0 aromatic carbocycles. The highest BCUT2D eigenvalue weighted by atomic mass is 19.1. The van der Waals surface area contributed by atoms with Crippen LogP contribution in [0.4, 0.5) is 15.9 Å². The number of anilines is 2. The van der Waals surface area contributed by atoms with E-state index in [0.717, 1.165) is 6.07 Å². The molecule has 0 bridgehead atoms. The molecule has 0 aliphatic carbocycles. The van der Waals surface area contributed by atoms with Gasteiger partial charge >= 0.3 is 0 Å². The Bertz CT molecular complexity index is 306. The summed E-state index contributed by atoms with van der Waals surface area (Å²) in [4.78, 5) is 12.5. The van der Waals surface area contributed by atoms with Crippen LogP contribution in [0, 0.1) is 5.82 Å². The van der Waals surface area contributed by atoms with Crippen LogP contribution < -0.4 is 17.0 Å². The van der Waals surface area contributed by atoms with Crippen LogP contribution in [0.15, 0.2) is 10.9 Å². The summed E-state index contributed by atoms with van der Waals surface area (Å²) >= 11 is 0. The van der Waals surface area contributed by atoms with Gasteiger partial charge in [0, 0.05) is 6.07 Å². The van der Waals surface area contributed by atoms with Crippen molar-refractivity contribution in [3.63, 3.8) is 0 Å². The number of nitrogen functional groups attached to an aromatic ring is 2. The first-order chi connectivity index (χ1) is 4.61. The number of aromatic amines is 1. The second-order valence-corrected chi connectivity index (χ2v) is 1.82. The van der Waals surface area contributed by atoms with Crippen molar-refractivity contribution in [1.82, 2.24) is 4.98 Å². The second-order valence-electron chi connectivity index (χ2n) is 1.82. The maximum atomic E-state index is 12.4. The lowest BCUT2D eigenvalue weighted by Crippen LogP contribution is -2.14. The predicted molar refractivity (Wildman–Crippen MR) is 35.8 cm³/mol. The quantitative estimate of drug-likeness (QED) is 0.465. The van der Waals surface area contributed by atoms with Gasteiger partial charge in [-0.3, -0.25) is 4.79 Å². The minimum absolute atomic E-state index is 0.0592. The van der Waals surface area contributed by atoms with E-state index in [1.807, 2.05) is 4.98 Å². The summed E-state index contributed by atoms with van der Waals surface area (Å²) in [6.45, 7) is 0. The fourth-order valence-electron chi connectivity index (χ4n) is 0.584. The number of rotatable bonds is 0. The number of aromatic nitrogens is 1. The Morgan fingerprint density at radius 1 is 1.50 bits per heavy atom. The van der Waals surface area contributed by atoms with Crippen molar-refractivity contribution < 1.29 is 4.39 Å². The molecule has 0 fully saturated rings. The number of nitrogens with two attached hydrogens (primary N) is 2. The molecule has 5 N–H and O–H groups in total. The molecule has 54 valence electrons. The molecule has 0 aliphatic rings. The van der Waals surface area contributed by atoms with Crippen LogP contribution in [0.3, 0.4) is 0 Å². The fraction of sp³-hybridized carbons (Fsp3) is 0. The molecule has 1 heterocycles. The monoisotopic (exact) mass is 143 g/mol. The molecular formula is C5H6FN3O. The van der Waals surface area contributed by atoms with Gasteiger partial charge in [-0.05, 0) is 0 Å². The summed E-state index contributed by atoms with van der Waals surface area (Å²) in [5, 5.41) is 0. The first-order valence-electron chi connectivity index (χ1n) is 2.55. The van der Waals surface area contributed by atoms with E-state index < -0.39 is 11.4 Å². The molecule has 1 aromatic rings. The number of hydrogen-bond donors (Lipinski definition) is 3. The molecule has 5 heteroatoms. The topological polar surface area (TPSA) is 84.9 Å². The summed E-state index contributed by atoms with van der Waals surface area (Å²) in [5.41, 5.74) is 9.05. The van der Waals surface area contributed by atoms with Gasteiger partial charge in [0.2, 0.25) is 5.82 Å². The Morgan fingerprint density at radius 3 is 2.60 bits per heavy atom. The predicted octanol–water partition coefficient (Wildman–Crippen LogP) is -0.322. The summed E-state index contributed by atoms with van der Waals surface area (Å²) in [6, 6.07) is 1.15. The third-order valence-electron chi connectivity index (χ3n) is 1.02. The normalized spacial score (nSPS) is 9.70. The molecule has 0 atom stereocenters. The van der Waals surface area contributed by atoms with Crippen molar-refractivity contribution in [2.45, 2.75) is 0 Å². The number of H-pyrrole nitrogens is 1. The molecule has 1 aromatic heterocycles. The van der Waals surface area contributed by atoms with Gasteiger partial charge in [-0.25, -0.2) is 0 Å². The van der Waals surface area contributed by atoms with Crippen LogP contribution in [0.25, 0.3) is 0 Å². The number of halogens is 1. The zero-order chi connectivity index (χ0) is 7.72. The van der Waals surface area contributed by atoms with Crippen molar-refractivity contribution in [2.75, 3.05) is 11.5 Å². The lowest BCUT2D eigenvalue weighted by molar-refractivity contribution is 0.614. The highest BCUT2D eigenvalue weighted by Crippen LogP contribution is 2.05. The zero-order valence-corrected chi connectivity index (χ0v) is 5.02. The van der Waals surface area contributed by atoms with E-state index in [9.17, 15) is 9.18 Å². The van der Waals surface area contributed by atoms with Crippen LogP contribution in [-0.4, -0.2) is 4.98 Å². The maximum absolute atomic E-state index is 12.4. The van der Waals surface area contributed by atoms with E-state index in [4.69, 9.17) is 11.5 Å².